The van der Waals surface area contributed by atoms with Crippen LogP contribution in [-0.2, 0) is 6.61 Å². The molecular weight excluding hydrogens is 350 g/mol. The molecule has 28 heavy (non-hydrogen) atoms. The Morgan fingerprint density at radius 2 is 1.71 bits per heavy atom. The molecule has 3 aromatic carbocycles. The third kappa shape index (κ3) is 4.87. The lowest BCUT2D eigenvalue weighted by atomic mass is 10.0. The second kappa shape index (κ2) is 8.70. The molecule has 0 aliphatic heterocycles. The predicted octanol–water partition coefficient (Wildman–Crippen LogP) is 5.34. The van der Waals surface area contributed by atoms with Crippen LogP contribution in [0, 0.1) is 18.3 Å². The highest BCUT2D eigenvalue weighted by atomic mass is 16.5. The maximum atomic E-state index is 10.9. The van der Waals surface area contributed by atoms with Crippen molar-refractivity contribution in [2.45, 2.75) is 13.5 Å². The van der Waals surface area contributed by atoms with E-state index in [1.54, 1.807) is 18.2 Å². The van der Waals surface area contributed by atoms with Crippen LogP contribution >= 0.6 is 0 Å². The van der Waals surface area contributed by atoms with Gasteiger partial charge in [0.25, 0.3) is 0 Å². The molecule has 3 aromatic rings. The average Bonchev–Trinajstić information content (AvgIpc) is 2.71. The summed E-state index contributed by atoms with van der Waals surface area (Å²) in [5, 5.41) is 18.4. The van der Waals surface area contributed by atoms with Gasteiger partial charge < -0.3 is 9.84 Å². The Kier molecular flexibility index (Phi) is 5.88. The number of carbonyl (C=O) groups is 1. The van der Waals surface area contributed by atoms with E-state index in [0.29, 0.717) is 17.7 Å². The summed E-state index contributed by atoms with van der Waals surface area (Å²) in [4.78, 5) is 10.9. The molecule has 0 aromatic heterocycles. The minimum absolute atomic E-state index is 0.191. The zero-order valence-electron chi connectivity index (χ0n) is 15.4. The first-order valence-corrected chi connectivity index (χ1v) is 8.79. The highest BCUT2D eigenvalue weighted by molar-refractivity contribution is 5.92. The van der Waals surface area contributed by atoms with E-state index in [-0.39, 0.29) is 5.56 Å². The van der Waals surface area contributed by atoms with E-state index in [2.05, 4.69) is 12.1 Å². The molecule has 3 rings (SSSR count). The molecule has 1 N–H and O–H groups in total. The number of aromatic carboxylic acids is 1. The van der Waals surface area contributed by atoms with Crippen molar-refractivity contribution >= 4 is 17.6 Å². The van der Waals surface area contributed by atoms with Gasteiger partial charge >= 0.3 is 5.97 Å². The van der Waals surface area contributed by atoms with E-state index >= 15 is 0 Å². The second-order valence-electron chi connectivity index (χ2n) is 6.40. The maximum Gasteiger partial charge on any atom is 0.335 e. The topological polar surface area (TPSA) is 70.3 Å². The van der Waals surface area contributed by atoms with Crippen molar-refractivity contribution in [3.63, 3.8) is 0 Å². The molecule has 0 saturated carbocycles. The first-order chi connectivity index (χ1) is 13.5. The molecule has 0 unspecified atom stereocenters. The maximum absolute atomic E-state index is 10.9. The second-order valence-corrected chi connectivity index (χ2v) is 6.40. The van der Waals surface area contributed by atoms with Gasteiger partial charge in [-0.25, -0.2) is 4.79 Å². The number of carboxylic acids is 1. The van der Waals surface area contributed by atoms with Crippen LogP contribution in [0.1, 0.15) is 32.6 Å². The summed E-state index contributed by atoms with van der Waals surface area (Å²) in [7, 11) is 0. The third-order valence-electron chi connectivity index (χ3n) is 4.24. The number of allylic oxidation sites excluding steroid dienone is 1. The molecule has 0 fully saturated rings. The quantitative estimate of drug-likeness (QED) is 0.470. The Labute approximate surface area is 164 Å². The van der Waals surface area contributed by atoms with Gasteiger partial charge in [0, 0.05) is 0 Å². The van der Waals surface area contributed by atoms with Gasteiger partial charge in [-0.15, -0.1) is 0 Å². The van der Waals surface area contributed by atoms with Gasteiger partial charge in [-0.2, -0.15) is 5.26 Å². The van der Waals surface area contributed by atoms with Crippen molar-refractivity contribution in [1.29, 1.82) is 5.26 Å². The Morgan fingerprint density at radius 1 is 1.04 bits per heavy atom. The molecule has 0 amide bonds. The van der Waals surface area contributed by atoms with Gasteiger partial charge in [-0.3, -0.25) is 0 Å². The standard InChI is InChI=1S/C24H19NO3/c1-17-3-2-4-19(13-17)16-28-23-11-5-18(6-12-23)14-22(15-25)20-7-9-21(10-8-20)24(26)27/h2-14H,16H2,1H3,(H,26,27)/b22-14-. The summed E-state index contributed by atoms with van der Waals surface area (Å²) in [6.45, 7) is 2.54. The van der Waals surface area contributed by atoms with E-state index < -0.39 is 5.97 Å². The van der Waals surface area contributed by atoms with Crippen LogP contribution in [0.5, 0.6) is 5.75 Å². The number of carboxylic acid groups (broad SMARTS) is 1. The minimum Gasteiger partial charge on any atom is -0.489 e. The van der Waals surface area contributed by atoms with E-state index in [9.17, 15) is 10.1 Å². The fraction of sp³-hybridized carbons (Fsp3) is 0.0833. The van der Waals surface area contributed by atoms with Crippen LogP contribution in [0.3, 0.4) is 0 Å². The van der Waals surface area contributed by atoms with E-state index in [0.717, 1.165) is 16.9 Å². The summed E-state index contributed by atoms with van der Waals surface area (Å²) in [5.74, 6) is -0.238. The van der Waals surface area contributed by atoms with Gasteiger partial charge in [0.05, 0.1) is 17.2 Å². The first-order valence-electron chi connectivity index (χ1n) is 8.79. The molecular formula is C24H19NO3. The smallest absolute Gasteiger partial charge is 0.335 e. The van der Waals surface area contributed by atoms with Crippen LogP contribution in [0.4, 0.5) is 0 Å². The Morgan fingerprint density at radius 3 is 2.32 bits per heavy atom. The lowest BCUT2D eigenvalue weighted by molar-refractivity contribution is 0.0697. The van der Waals surface area contributed by atoms with Crippen LogP contribution in [0.25, 0.3) is 11.6 Å². The summed E-state index contributed by atoms with van der Waals surface area (Å²) in [6, 6.07) is 24.1. The van der Waals surface area contributed by atoms with Crippen molar-refractivity contribution in [3.05, 3.63) is 101 Å². The largest absolute Gasteiger partial charge is 0.489 e. The summed E-state index contributed by atoms with van der Waals surface area (Å²) in [6.07, 6.45) is 1.76. The van der Waals surface area contributed by atoms with Crippen molar-refractivity contribution in [2.75, 3.05) is 0 Å². The number of hydrogen-bond acceptors (Lipinski definition) is 3. The third-order valence-corrected chi connectivity index (χ3v) is 4.24. The summed E-state index contributed by atoms with van der Waals surface area (Å²) < 4.78 is 5.81. The molecule has 0 bridgehead atoms. The summed E-state index contributed by atoms with van der Waals surface area (Å²) in [5.41, 5.74) is 4.50. The highest BCUT2D eigenvalue weighted by Gasteiger charge is 2.05. The zero-order valence-corrected chi connectivity index (χ0v) is 15.4. The van der Waals surface area contributed by atoms with Crippen molar-refractivity contribution < 1.29 is 14.6 Å². The van der Waals surface area contributed by atoms with E-state index in [1.807, 2.05) is 49.4 Å². The fourth-order valence-electron chi connectivity index (χ4n) is 2.77. The fourth-order valence-corrected chi connectivity index (χ4v) is 2.77. The molecule has 0 radical (unpaired) electrons. The van der Waals surface area contributed by atoms with E-state index in [1.165, 1.54) is 17.7 Å². The number of aryl methyl sites for hydroxylation is 1. The van der Waals surface area contributed by atoms with Gasteiger partial charge in [0.1, 0.15) is 12.4 Å². The van der Waals surface area contributed by atoms with Gasteiger partial charge in [0.2, 0.25) is 0 Å². The molecule has 0 spiro atoms. The Hall–Kier alpha value is -3.84. The van der Waals surface area contributed by atoms with Gasteiger partial charge in [0.15, 0.2) is 0 Å². The molecule has 0 atom stereocenters. The predicted molar refractivity (Wildman–Crippen MR) is 109 cm³/mol. The molecule has 0 aliphatic rings. The number of ether oxygens (including phenoxy) is 1. The first kappa shape index (κ1) is 18.9. The molecule has 0 heterocycles. The number of nitriles is 1. The van der Waals surface area contributed by atoms with E-state index in [4.69, 9.17) is 9.84 Å². The Balaban J connectivity index is 1.71. The number of rotatable bonds is 6. The van der Waals surface area contributed by atoms with Crippen LogP contribution < -0.4 is 4.74 Å². The normalized spacial score (nSPS) is 10.9. The molecule has 0 aliphatic carbocycles. The molecule has 4 heteroatoms. The summed E-state index contributed by atoms with van der Waals surface area (Å²) >= 11 is 0. The Bertz CT molecular complexity index is 1040. The van der Waals surface area contributed by atoms with Crippen LogP contribution in [-0.4, -0.2) is 11.1 Å². The highest BCUT2D eigenvalue weighted by Crippen LogP contribution is 2.21. The monoisotopic (exact) mass is 369 g/mol. The van der Waals surface area contributed by atoms with Crippen molar-refractivity contribution in [3.8, 4) is 11.8 Å². The lowest BCUT2D eigenvalue weighted by Crippen LogP contribution is -1.96. The number of nitrogens with zero attached hydrogens (tertiary/aromatic N) is 1. The van der Waals surface area contributed by atoms with Crippen molar-refractivity contribution in [1.82, 2.24) is 0 Å². The van der Waals surface area contributed by atoms with Crippen LogP contribution in [0.2, 0.25) is 0 Å². The molecule has 4 nitrogen and oxygen atoms in total. The molecule has 0 saturated heterocycles. The minimum atomic E-state index is -0.990. The number of benzene rings is 3. The van der Waals surface area contributed by atoms with Crippen LogP contribution in [0.15, 0.2) is 72.8 Å². The average molecular weight is 369 g/mol. The van der Waals surface area contributed by atoms with Gasteiger partial charge in [-0.1, -0.05) is 54.1 Å². The SMILES string of the molecule is Cc1cccc(COc2ccc(/C=C(/C#N)c3ccc(C(=O)O)cc3)cc2)c1. The number of hydrogen-bond donors (Lipinski definition) is 1. The van der Waals surface area contributed by atoms with Crippen molar-refractivity contribution in [2.24, 2.45) is 0 Å². The van der Waals surface area contributed by atoms with Gasteiger partial charge in [-0.05, 0) is 54.0 Å². The zero-order chi connectivity index (χ0) is 19.9. The molecule has 138 valence electrons. The lowest BCUT2D eigenvalue weighted by Gasteiger charge is -2.07.